The zero-order chi connectivity index (χ0) is 19.6. The molecule has 6 heteroatoms. The van der Waals surface area contributed by atoms with Gasteiger partial charge in [-0.2, -0.15) is 5.10 Å². The number of ether oxygens (including phenoxy) is 1. The maximum absolute atomic E-state index is 5.37. The van der Waals surface area contributed by atoms with Crippen LogP contribution in [0.5, 0.6) is 5.75 Å². The first kappa shape index (κ1) is 18.4. The van der Waals surface area contributed by atoms with Crippen LogP contribution in [-0.4, -0.2) is 52.8 Å². The predicted molar refractivity (Wildman–Crippen MR) is 115 cm³/mol. The zero-order valence-corrected chi connectivity index (χ0v) is 17.1. The molecule has 5 rings (SSSR count). The predicted octanol–water partition coefficient (Wildman–Crippen LogP) is 3.72. The summed E-state index contributed by atoms with van der Waals surface area (Å²) in [5.74, 6) is 2.30. The third-order valence-corrected chi connectivity index (χ3v) is 6.21. The van der Waals surface area contributed by atoms with E-state index in [1.165, 1.54) is 30.5 Å². The van der Waals surface area contributed by atoms with Crippen molar-refractivity contribution in [3.63, 3.8) is 0 Å². The highest BCUT2D eigenvalue weighted by atomic mass is 16.5. The second-order valence-corrected chi connectivity index (χ2v) is 8.28. The van der Waals surface area contributed by atoms with Crippen LogP contribution in [0.2, 0.25) is 0 Å². The average molecular weight is 392 g/mol. The van der Waals surface area contributed by atoms with Gasteiger partial charge in [0.1, 0.15) is 5.75 Å². The van der Waals surface area contributed by atoms with Gasteiger partial charge in [-0.3, -0.25) is 4.90 Å². The molecular weight excluding hydrogens is 362 g/mol. The zero-order valence-electron chi connectivity index (χ0n) is 17.1. The van der Waals surface area contributed by atoms with Crippen molar-refractivity contribution < 1.29 is 4.74 Å². The molecule has 0 spiro atoms. The van der Waals surface area contributed by atoms with Crippen molar-refractivity contribution in [2.45, 2.75) is 38.1 Å². The number of fused-ring (bicyclic) bond motifs is 1. The second-order valence-electron chi connectivity index (χ2n) is 8.28. The first-order valence-corrected chi connectivity index (χ1v) is 10.7. The first-order valence-electron chi connectivity index (χ1n) is 10.7. The summed E-state index contributed by atoms with van der Waals surface area (Å²) in [5.41, 5.74) is 3.51. The summed E-state index contributed by atoms with van der Waals surface area (Å²) in [6, 6.07) is 12.7. The van der Waals surface area contributed by atoms with Crippen LogP contribution >= 0.6 is 0 Å². The Morgan fingerprint density at radius 2 is 1.97 bits per heavy atom. The molecule has 2 fully saturated rings. The highest BCUT2D eigenvalue weighted by molar-refractivity contribution is 5.52. The molecule has 0 saturated carbocycles. The fourth-order valence-corrected chi connectivity index (χ4v) is 4.66. The number of benzene rings is 1. The van der Waals surface area contributed by atoms with Gasteiger partial charge in [0, 0.05) is 32.1 Å². The summed E-state index contributed by atoms with van der Waals surface area (Å²) < 4.78 is 7.35. The normalized spacial score (nSPS) is 20.4. The first-order chi connectivity index (χ1) is 14.3. The lowest BCUT2D eigenvalue weighted by molar-refractivity contribution is 0.196. The van der Waals surface area contributed by atoms with E-state index >= 15 is 0 Å². The van der Waals surface area contributed by atoms with E-state index in [1.54, 1.807) is 7.11 Å². The van der Waals surface area contributed by atoms with Crippen molar-refractivity contribution in [1.82, 2.24) is 19.5 Å². The molecule has 2 aromatic heterocycles. The summed E-state index contributed by atoms with van der Waals surface area (Å²) >= 11 is 0. The SMILES string of the molecule is COc1cccc(CN2CCC[C@H](c3nc4ccc(N5CCCC5)cn4n3)C2)c1. The number of methoxy groups -OCH3 is 1. The summed E-state index contributed by atoms with van der Waals surface area (Å²) in [6.45, 7) is 5.37. The lowest BCUT2D eigenvalue weighted by Gasteiger charge is -2.31. The van der Waals surface area contributed by atoms with Crippen LogP contribution in [-0.2, 0) is 6.54 Å². The molecule has 0 unspecified atom stereocenters. The lowest BCUT2D eigenvalue weighted by Crippen LogP contribution is -2.34. The number of piperidine rings is 1. The van der Waals surface area contributed by atoms with Gasteiger partial charge in [-0.05, 0) is 62.1 Å². The Balaban J connectivity index is 1.31. The van der Waals surface area contributed by atoms with Gasteiger partial charge in [-0.15, -0.1) is 0 Å². The fourth-order valence-electron chi connectivity index (χ4n) is 4.66. The van der Waals surface area contributed by atoms with E-state index < -0.39 is 0 Å². The summed E-state index contributed by atoms with van der Waals surface area (Å²) in [4.78, 5) is 9.82. The minimum atomic E-state index is 0.393. The Kier molecular flexibility index (Phi) is 5.10. The molecule has 0 radical (unpaired) electrons. The minimum absolute atomic E-state index is 0.393. The van der Waals surface area contributed by atoms with E-state index in [1.807, 2.05) is 10.6 Å². The molecule has 2 aliphatic heterocycles. The molecule has 29 heavy (non-hydrogen) atoms. The second kappa shape index (κ2) is 8.03. The standard InChI is InChI=1S/C23H29N5O/c1-29-21-8-4-6-18(14-21)15-26-11-5-7-19(16-26)23-24-22-10-9-20(17-28(22)25-23)27-12-2-3-13-27/h4,6,8-10,14,17,19H,2-3,5,7,11-13,15-16H2,1H3/t19-/m0/s1. The number of aromatic nitrogens is 3. The average Bonchev–Trinajstić information content (AvgIpc) is 3.43. The Morgan fingerprint density at radius 3 is 2.83 bits per heavy atom. The van der Waals surface area contributed by atoms with E-state index in [-0.39, 0.29) is 0 Å². The van der Waals surface area contributed by atoms with E-state index in [9.17, 15) is 0 Å². The molecule has 0 amide bonds. The number of anilines is 1. The van der Waals surface area contributed by atoms with Gasteiger partial charge in [0.2, 0.25) is 0 Å². The molecule has 0 bridgehead atoms. The number of pyridine rings is 1. The summed E-state index contributed by atoms with van der Waals surface area (Å²) in [5, 5.41) is 4.87. The van der Waals surface area contributed by atoms with Gasteiger partial charge < -0.3 is 9.64 Å². The van der Waals surface area contributed by atoms with Crippen molar-refractivity contribution in [1.29, 1.82) is 0 Å². The lowest BCUT2D eigenvalue weighted by atomic mass is 9.97. The van der Waals surface area contributed by atoms with Crippen LogP contribution in [0, 0.1) is 0 Å². The van der Waals surface area contributed by atoms with Gasteiger partial charge in [-0.1, -0.05) is 12.1 Å². The number of nitrogens with zero attached hydrogens (tertiary/aromatic N) is 5. The van der Waals surface area contributed by atoms with Crippen LogP contribution in [0.25, 0.3) is 5.65 Å². The number of hydrogen-bond acceptors (Lipinski definition) is 5. The monoisotopic (exact) mass is 391 g/mol. The molecule has 3 aromatic rings. The Hall–Kier alpha value is -2.60. The van der Waals surface area contributed by atoms with E-state index in [2.05, 4.69) is 46.3 Å². The summed E-state index contributed by atoms with van der Waals surface area (Å²) in [7, 11) is 1.72. The molecular formula is C23H29N5O. The molecule has 2 aliphatic rings. The number of hydrogen-bond donors (Lipinski definition) is 0. The molecule has 2 saturated heterocycles. The van der Waals surface area contributed by atoms with Gasteiger partial charge in [-0.25, -0.2) is 9.50 Å². The third-order valence-electron chi connectivity index (χ3n) is 6.21. The Morgan fingerprint density at radius 1 is 1.07 bits per heavy atom. The Bertz CT molecular complexity index is 978. The van der Waals surface area contributed by atoms with Crippen LogP contribution in [0.4, 0.5) is 5.69 Å². The highest BCUT2D eigenvalue weighted by Gasteiger charge is 2.25. The number of likely N-dealkylation sites (tertiary alicyclic amines) is 1. The van der Waals surface area contributed by atoms with Gasteiger partial charge >= 0.3 is 0 Å². The highest BCUT2D eigenvalue weighted by Crippen LogP contribution is 2.27. The van der Waals surface area contributed by atoms with Crippen molar-refractivity contribution in [3.05, 3.63) is 54.0 Å². The van der Waals surface area contributed by atoms with Crippen LogP contribution < -0.4 is 9.64 Å². The van der Waals surface area contributed by atoms with Crippen molar-refractivity contribution in [2.75, 3.05) is 38.2 Å². The van der Waals surface area contributed by atoms with Crippen molar-refractivity contribution >= 4 is 11.3 Å². The van der Waals surface area contributed by atoms with Gasteiger partial charge in [0.15, 0.2) is 11.5 Å². The van der Waals surface area contributed by atoms with Crippen molar-refractivity contribution in [2.24, 2.45) is 0 Å². The van der Waals surface area contributed by atoms with Crippen molar-refractivity contribution in [3.8, 4) is 5.75 Å². The molecule has 0 N–H and O–H groups in total. The van der Waals surface area contributed by atoms with Crippen LogP contribution in [0.1, 0.15) is 43.0 Å². The topological polar surface area (TPSA) is 45.9 Å². The quantitative estimate of drug-likeness (QED) is 0.663. The van der Waals surface area contributed by atoms with Gasteiger partial charge in [0.25, 0.3) is 0 Å². The van der Waals surface area contributed by atoms with Crippen LogP contribution in [0.15, 0.2) is 42.6 Å². The van der Waals surface area contributed by atoms with Crippen LogP contribution in [0.3, 0.4) is 0 Å². The molecule has 1 aromatic carbocycles. The molecule has 152 valence electrons. The minimum Gasteiger partial charge on any atom is -0.497 e. The fraction of sp³-hybridized carbons (Fsp3) is 0.478. The third kappa shape index (κ3) is 3.94. The molecule has 4 heterocycles. The Labute approximate surface area is 172 Å². The molecule has 1 atom stereocenters. The van der Waals surface area contributed by atoms with E-state index in [0.29, 0.717) is 5.92 Å². The number of rotatable bonds is 5. The molecule has 0 aliphatic carbocycles. The largest absolute Gasteiger partial charge is 0.497 e. The molecule has 6 nitrogen and oxygen atoms in total. The van der Waals surface area contributed by atoms with E-state index in [0.717, 1.165) is 56.4 Å². The van der Waals surface area contributed by atoms with Gasteiger partial charge in [0.05, 0.1) is 19.0 Å². The maximum Gasteiger partial charge on any atom is 0.156 e. The maximum atomic E-state index is 5.37. The van der Waals surface area contributed by atoms with E-state index in [4.69, 9.17) is 14.8 Å². The summed E-state index contributed by atoms with van der Waals surface area (Å²) in [6.07, 6.45) is 7.05. The smallest absolute Gasteiger partial charge is 0.156 e.